The number of nitrogens with zero attached hydrogens (tertiary/aromatic N) is 3. The van der Waals surface area contributed by atoms with E-state index >= 15 is 0 Å². The van der Waals surface area contributed by atoms with E-state index < -0.39 is 108 Å². The van der Waals surface area contributed by atoms with Gasteiger partial charge in [0.1, 0.15) is 48.3 Å². The van der Waals surface area contributed by atoms with Gasteiger partial charge in [-0.3, -0.25) is 48.1 Å². The first-order valence-electron chi connectivity index (χ1n) is 23.4. The van der Waals surface area contributed by atoms with Crippen LogP contribution >= 0.6 is 0 Å². The molecule has 3 heterocycles. The highest BCUT2D eigenvalue weighted by molar-refractivity contribution is 6.00. The number of fused-ring (bicyclic) bond motifs is 2. The zero-order valence-electron chi connectivity index (χ0n) is 38.7. The van der Waals surface area contributed by atoms with Crippen molar-refractivity contribution in [3.05, 3.63) is 71.8 Å². The fourth-order valence-electron chi connectivity index (χ4n) is 8.71. The SMILES string of the molecule is CCCC[C@@H]1NC(=O)[C@H](C)NC(=O)[C@H](CC(N)=O)NC(=O)[C@H](Cc2ccccc2)NC(=O)[C@H](Cc2ccccc2)NC(=O)[C@H](CCCN=C(N)N)NC(=O)[C@@H]2CCCN2C(=O)[C@H]2CCCN2C1=O. The molecule has 68 heavy (non-hydrogen) atoms. The third-order valence-electron chi connectivity index (χ3n) is 12.3. The summed E-state index contributed by atoms with van der Waals surface area (Å²) >= 11 is 0. The Hall–Kier alpha value is -7.06. The molecule has 3 fully saturated rings. The number of aliphatic imine (C=N–C) groups is 1. The van der Waals surface area contributed by atoms with Gasteiger partial charge in [0.25, 0.3) is 0 Å². The number of rotatable bonds is 13. The van der Waals surface area contributed by atoms with Gasteiger partial charge >= 0.3 is 0 Å². The van der Waals surface area contributed by atoms with Gasteiger partial charge in [-0.15, -0.1) is 0 Å². The number of carbonyl (C=O) groups excluding carboxylic acids is 9. The van der Waals surface area contributed by atoms with Crippen LogP contribution in [0.15, 0.2) is 65.7 Å². The first kappa shape index (κ1) is 51.9. The van der Waals surface area contributed by atoms with Gasteiger partial charge in [0.05, 0.1) is 6.42 Å². The van der Waals surface area contributed by atoms with Crippen LogP contribution < -0.4 is 49.1 Å². The van der Waals surface area contributed by atoms with Crippen molar-refractivity contribution in [1.29, 1.82) is 0 Å². The van der Waals surface area contributed by atoms with Crippen LogP contribution in [0.25, 0.3) is 0 Å². The predicted octanol–water partition coefficient (Wildman–Crippen LogP) is -1.48. The number of primary amides is 1. The van der Waals surface area contributed by atoms with Crippen LogP contribution in [0.1, 0.15) is 89.2 Å². The maximum absolute atomic E-state index is 14.5. The maximum atomic E-state index is 14.5. The maximum Gasteiger partial charge on any atom is 0.246 e. The topological polar surface area (TPSA) is 323 Å². The Bertz CT molecular complexity index is 2160. The van der Waals surface area contributed by atoms with E-state index in [0.717, 1.165) is 0 Å². The quantitative estimate of drug-likeness (QED) is 0.0634. The summed E-state index contributed by atoms with van der Waals surface area (Å²) in [5.74, 6) is -6.77. The lowest BCUT2D eigenvalue weighted by Crippen LogP contribution is -2.61. The molecule has 0 bridgehead atoms. The van der Waals surface area contributed by atoms with Crippen LogP contribution in [0.4, 0.5) is 0 Å². The number of amides is 9. The lowest BCUT2D eigenvalue weighted by Gasteiger charge is -2.33. The zero-order chi connectivity index (χ0) is 49.3. The standard InChI is InChI=1S/C47H66N12O9/c1-3-4-18-32-45(67)59-24-13-21-37(59)46(68)58-23-12-20-36(58)44(66)53-31(19-11-22-51-47(49)50)40(62)55-33(25-29-14-7-5-8-15-29)42(64)56-34(26-30-16-9-6-10-17-30)43(65)57-35(27-38(48)60)41(63)52-28(2)39(61)54-32/h5-10,14-17,28,31-37H,3-4,11-13,18-27H2,1-2H3,(H2,48,60)(H,52,63)(H,53,66)(H,54,61)(H,55,62)(H,56,64)(H,57,65)(H4,49,50,51)/t28-,31-,32-,33-,34-,35-,36-,37+/m0/s1. The Morgan fingerprint density at radius 3 is 1.59 bits per heavy atom. The number of guanidine groups is 1. The highest BCUT2D eigenvalue weighted by atomic mass is 16.2. The van der Waals surface area contributed by atoms with E-state index in [4.69, 9.17) is 17.2 Å². The normalized spacial score (nSPS) is 25.9. The summed E-state index contributed by atoms with van der Waals surface area (Å²) in [6.07, 6.45) is 2.42. The number of carbonyl (C=O) groups is 9. The van der Waals surface area contributed by atoms with E-state index in [1.165, 1.54) is 16.7 Å². The lowest BCUT2D eigenvalue weighted by atomic mass is 10.0. The molecule has 0 aliphatic carbocycles. The average Bonchev–Trinajstić information content (AvgIpc) is 4.02. The van der Waals surface area contributed by atoms with Crippen molar-refractivity contribution in [3.63, 3.8) is 0 Å². The van der Waals surface area contributed by atoms with Gasteiger partial charge in [0, 0.05) is 32.5 Å². The Labute approximate surface area is 395 Å². The van der Waals surface area contributed by atoms with E-state index in [9.17, 15) is 43.2 Å². The van der Waals surface area contributed by atoms with Gasteiger partial charge in [-0.1, -0.05) is 80.4 Å². The Morgan fingerprint density at radius 2 is 1.04 bits per heavy atom. The van der Waals surface area contributed by atoms with Crippen molar-refractivity contribution in [1.82, 2.24) is 41.7 Å². The second kappa shape index (κ2) is 25.2. The number of hydrogen-bond acceptors (Lipinski definition) is 10. The molecule has 0 saturated carbocycles. The van der Waals surface area contributed by atoms with Crippen LogP contribution in [0.3, 0.4) is 0 Å². The second-order valence-electron chi connectivity index (χ2n) is 17.6. The summed E-state index contributed by atoms with van der Waals surface area (Å²) in [4.78, 5) is 133. The summed E-state index contributed by atoms with van der Waals surface area (Å²) in [7, 11) is 0. The van der Waals surface area contributed by atoms with Gasteiger partial charge < -0.3 is 58.9 Å². The molecule has 5 rings (SSSR count). The molecule has 8 atom stereocenters. The molecule has 3 aliphatic rings. The molecule has 368 valence electrons. The van der Waals surface area contributed by atoms with Crippen molar-refractivity contribution in [2.75, 3.05) is 19.6 Å². The highest BCUT2D eigenvalue weighted by Crippen LogP contribution is 2.26. The van der Waals surface area contributed by atoms with Crippen LogP contribution in [-0.2, 0) is 56.0 Å². The molecule has 0 aromatic heterocycles. The minimum absolute atomic E-state index is 0.0193. The minimum atomic E-state index is -1.61. The van der Waals surface area contributed by atoms with Gasteiger partial charge in [0.15, 0.2) is 5.96 Å². The smallest absolute Gasteiger partial charge is 0.246 e. The van der Waals surface area contributed by atoms with Gasteiger partial charge in [-0.2, -0.15) is 0 Å². The number of hydrogen-bond donors (Lipinski definition) is 9. The van der Waals surface area contributed by atoms with Crippen molar-refractivity contribution >= 4 is 59.1 Å². The van der Waals surface area contributed by atoms with Crippen molar-refractivity contribution < 1.29 is 43.2 Å². The monoisotopic (exact) mass is 943 g/mol. The zero-order valence-corrected chi connectivity index (χ0v) is 38.7. The Balaban J connectivity index is 1.56. The summed E-state index contributed by atoms with van der Waals surface area (Å²) in [5, 5.41) is 16.1. The van der Waals surface area contributed by atoms with Crippen LogP contribution in [0.2, 0.25) is 0 Å². The predicted molar refractivity (Wildman–Crippen MR) is 250 cm³/mol. The molecular weight excluding hydrogens is 877 g/mol. The number of nitrogens with two attached hydrogens (primary N) is 3. The molecular formula is C47H66N12O9. The van der Waals surface area contributed by atoms with Crippen molar-refractivity contribution in [2.45, 2.75) is 139 Å². The highest BCUT2D eigenvalue weighted by Gasteiger charge is 2.44. The molecule has 21 heteroatoms. The van der Waals surface area contributed by atoms with Gasteiger partial charge in [0.2, 0.25) is 53.2 Å². The summed E-state index contributed by atoms with van der Waals surface area (Å²) in [6, 6.07) is 7.58. The Morgan fingerprint density at radius 1 is 0.574 bits per heavy atom. The Kier molecular flexibility index (Phi) is 19.2. The van der Waals surface area contributed by atoms with Crippen molar-refractivity contribution in [3.8, 4) is 0 Å². The van der Waals surface area contributed by atoms with E-state index in [1.807, 2.05) is 6.92 Å². The third-order valence-corrected chi connectivity index (χ3v) is 12.3. The van der Waals surface area contributed by atoms with E-state index in [-0.39, 0.29) is 64.1 Å². The van der Waals surface area contributed by atoms with Crippen molar-refractivity contribution in [2.24, 2.45) is 22.2 Å². The third kappa shape index (κ3) is 14.7. The lowest BCUT2D eigenvalue weighted by molar-refractivity contribution is -0.148. The molecule has 21 nitrogen and oxygen atoms in total. The summed E-state index contributed by atoms with van der Waals surface area (Å²) in [5.41, 5.74) is 17.9. The molecule has 9 amide bonds. The molecule has 3 aliphatic heterocycles. The molecule has 2 aromatic carbocycles. The van der Waals surface area contributed by atoms with Crippen LogP contribution in [0.5, 0.6) is 0 Å². The van der Waals surface area contributed by atoms with Gasteiger partial charge in [-0.25, -0.2) is 0 Å². The number of nitrogens with one attached hydrogen (secondary N) is 6. The molecule has 0 radical (unpaired) electrons. The van der Waals surface area contributed by atoms with Crippen LogP contribution in [0, 0.1) is 0 Å². The molecule has 0 unspecified atom stereocenters. The molecule has 12 N–H and O–H groups in total. The minimum Gasteiger partial charge on any atom is -0.370 e. The van der Waals surface area contributed by atoms with E-state index in [1.54, 1.807) is 60.7 Å². The molecule has 2 aromatic rings. The number of benzene rings is 2. The second-order valence-corrected chi connectivity index (χ2v) is 17.6. The van der Waals surface area contributed by atoms with Crippen LogP contribution in [-0.4, -0.2) is 137 Å². The fraction of sp³-hybridized carbons (Fsp3) is 0.532. The van der Waals surface area contributed by atoms with E-state index in [2.05, 4.69) is 36.9 Å². The van der Waals surface area contributed by atoms with E-state index in [0.29, 0.717) is 43.2 Å². The summed E-state index contributed by atoms with van der Waals surface area (Å²) < 4.78 is 0. The average molecular weight is 943 g/mol. The largest absolute Gasteiger partial charge is 0.370 e. The van der Waals surface area contributed by atoms with Gasteiger partial charge in [-0.05, 0) is 63.0 Å². The molecule has 3 saturated heterocycles. The summed E-state index contributed by atoms with van der Waals surface area (Å²) in [6.45, 7) is 3.84. The fourth-order valence-corrected chi connectivity index (χ4v) is 8.71. The molecule has 0 spiro atoms. The number of unbranched alkanes of at least 4 members (excludes halogenated alkanes) is 1. The first-order chi connectivity index (χ1) is 32.6. The first-order valence-corrected chi connectivity index (χ1v) is 23.4.